The van der Waals surface area contributed by atoms with E-state index in [1.54, 1.807) is 14.1 Å². The van der Waals surface area contributed by atoms with Crippen molar-refractivity contribution in [2.45, 2.75) is 32.6 Å². The number of carbonyl (C=O) groups is 2. The lowest BCUT2D eigenvalue weighted by molar-refractivity contribution is 0.0967. The molecule has 0 spiro atoms. The first kappa shape index (κ1) is 24.7. The zero-order valence-corrected chi connectivity index (χ0v) is 21.7. The van der Waals surface area contributed by atoms with Crippen LogP contribution in [0.4, 0.5) is 33.6 Å². The SMILES string of the molecule is CNC(=O)c1sc(C(C)(C)C)cc1Nc1nc(Nc2ccc3c(c2)CCOC(=O)N3C)ncc1Cl. The number of rotatable bonds is 5. The number of cyclic esters (lactones) is 1. The third kappa shape index (κ3) is 5.33. The van der Waals surface area contributed by atoms with Gasteiger partial charge < -0.3 is 20.7 Å². The van der Waals surface area contributed by atoms with E-state index in [4.69, 9.17) is 16.3 Å². The van der Waals surface area contributed by atoms with Crippen LogP contribution in [0.3, 0.4) is 0 Å². The molecule has 0 bridgehead atoms. The summed E-state index contributed by atoms with van der Waals surface area (Å²) in [4.78, 5) is 36.4. The van der Waals surface area contributed by atoms with Gasteiger partial charge in [0.1, 0.15) is 9.90 Å². The molecule has 0 radical (unpaired) electrons. The van der Waals surface area contributed by atoms with E-state index in [0.29, 0.717) is 40.4 Å². The summed E-state index contributed by atoms with van der Waals surface area (Å²) in [6.07, 6.45) is 1.73. The molecule has 3 aromatic rings. The summed E-state index contributed by atoms with van der Waals surface area (Å²) >= 11 is 7.82. The Bertz CT molecular complexity index is 1290. The molecule has 11 heteroatoms. The minimum Gasteiger partial charge on any atom is -0.449 e. The molecule has 184 valence electrons. The molecule has 0 fully saturated rings. The lowest BCUT2D eigenvalue weighted by Crippen LogP contribution is -2.25. The van der Waals surface area contributed by atoms with Crippen LogP contribution in [0.2, 0.25) is 5.02 Å². The molecule has 9 nitrogen and oxygen atoms in total. The summed E-state index contributed by atoms with van der Waals surface area (Å²) < 4.78 is 5.19. The highest BCUT2D eigenvalue weighted by Crippen LogP contribution is 2.37. The van der Waals surface area contributed by atoms with E-state index < -0.39 is 0 Å². The average Bonchev–Trinajstić information content (AvgIpc) is 3.19. The van der Waals surface area contributed by atoms with Crippen LogP contribution in [0.15, 0.2) is 30.5 Å². The van der Waals surface area contributed by atoms with Gasteiger partial charge in [0.15, 0.2) is 5.82 Å². The topological polar surface area (TPSA) is 108 Å². The molecule has 35 heavy (non-hydrogen) atoms. The number of ether oxygens (including phenoxy) is 1. The number of hydrogen-bond acceptors (Lipinski definition) is 8. The van der Waals surface area contributed by atoms with Crippen LogP contribution in [0, 0.1) is 0 Å². The van der Waals surface area contributed by atoms with Crippen LogP contribution in [0.1, 0.15) is 40.9 Å². The molecule has 0 saturated carbocycles. The van der Waals surface area contributed by atoms with Crippen molar-refractivity contribution in [2.24, 2.45) is 0 Å². The first-order valence-corrected chi connectivity index (χ1v) is 12.2. The maximum Gasteiger partial charge on any atom is 0.414 e. The molecule has 3 N–H and O–H groups in total. The Labute approximate surface area is 212 Å². The minimum atomic E-state index is -0.375. The molecule has 0 unspecified atom stereocenters. The number of fused-ring (bicyclic) bond motifs is 1. The van der Waals surface area contributed by atoms with Crippen LogP contribution in [0.5, 0.6) is 0 Å². The molecular weight excluding hydrogens is 488 g/mol. The van der Waals surface area contributed by atoms with E-state index in [0.717, 1.165) is 21.8 Å². The third-order valence-corrected chi connectivity index (χ3v) is 7.31. The van der Waals surface area contributed by atoms with E-state index >= 15 is 0 Å². The van der Waals surface area contributed by atoms with Crippen molar-refractivity contribution in [3.63, 3.8) is 0 Å². The molecule has 1 aliphatic rings. The molecule has 0 aliphatic carbocycles. The fourth-order valence-electron chi connectivity index (χ4n) is 3.54. The monoisotopic (exact) mass is 514 g/mol. The predicted molar refractivity (Wildman–Crippen MR) is 140 cm³/mol. The Balaban J connectivity index is 1.61. The summed E-state index contributed by atoms with van der Waals surface area (Å²) in [5.41, 5.74) is 3.04. The third-order valence-electron chi connectivity index (χ3n) is 5.47. The zero-order valence-electron chi connectivity index (χ0n) is 20.2. The number of benzene rings is 1. The largest absolute Gasteiger partial charge is 0.449 e. The van der Waals surface area contributed by atoms with Gasteiger partial charge in [0.2, 0.25) is 5.95 Å². The molecule has 3 heterocycles. The zero-order chi connectivity index (χ0) is 25.3. The summed E-state index contributed by atoms with van der Waals surface area (Å²) in [5, 5.41) is 9.41. The van der Waals surface area contributed by atoms with Gasteiger partial charge in [-0.15, -0.1) is 11.3 Å². The van der Waals surface area contributed by atoms with E-state index in [1.165, 1.54) is 22.4 Å². The fourth-order valence-corrected chi connectivity index (χ4v) is 4.80. The summed E-state index contributed by atoms with van der Waals surface area (Å²) in [6.45, 7) is 6.60. The first-order chi connectivity index (χ1) is 16.6. The maximum atomic E-state index is 12.5. The number of thiophene rings is 1. The first-order valence-electron chi connectivity index (χ1n) is 11.0. The van der Waals surface area contributed by atoms with Gasteiger partial charge in [-0.05, 0) is 35.2 Å². The molecular formula is C24H27ClN6O3S. The maximum absolute atomic E-state index is 12.5. The van der Waals surface area contributed by atoms with E-state index in [9.17, 15) is 9.59 Å². The van der Waals surface area contributed by atoms with Crippen LogP contribution < -0.4 is 20.9 Å². The highest BCUT2D eigenvalue weighted by molar-refractivity contribution is 7.14. The second-order valence-electron chi connectivity index (χ2n) is 9.09. The number of hydrogen-bond donors (Lipinski definition) is 3. The number of anilines is 5. The van der Waals surface area contributed by atoms with Gasteiger partial charge in [-0.25, -0.2) is 9.78 Å². The second kappa shape index (κ2) is 9.71. The second-order valence-corrected chi connectivity index (χ2v) is 10.5. The highest BCUT2D eigenvalue weighted by atomic mass is 35.5. The quantitative estimate of drug-likeness (QED) is 0.414. The number of amides is 2. The van der Waals surface area contributed by atoms with Gasteiger partial charge in [-0.2, -0.15) is 4.98 Å². The Morgan fingerprint density at radius 1 is 1.23 bits per heavy atom. The van der Waals surface area contributed by atoms with Gasteiger partial charge in [0.25, 0.3) is 5.91 Å². The van der Waals surface area contributed by atoms with Gasteiger partial charge in [0.05, 0.1) is 24.2 Å². The number of carbonyl (C=O) groups excluding carboxylic acids is 2. The minimum absolute atomic E-state index is 0.120. The van der Waals surface area contributed by atoms with Crippen molar-refractivity contribution in [3.8, 4) is 0 Å². The summed E-state index contributed by atoms with van der Waals surface area (Å²) in [7, 11) is 3.28. The van der Waals surface area contributed by atoms with Crippen molar-refractivity contribution in [1.82, 2.24) is 15.3 Å². The van der Waals surface area contributed by atoms with E-state index in [1.807, 2.05) is 24.3 Å². The lowest BCUT2D eigenvalue weighted by atomic mass is 9.94. The van der Waals surface area contributed by atoms with Gasteiger partial charge >= 0.3 is 6.09 Å². The standard InChI is InChI=1S/C24H27ClN6O3S/c1-24(2,3)18-11-16(19(35-18)21(32)26-4)29-20-15(25)12-27-22(30-20)28-14-6-7-17-13(10-14)8-9-34-23(33)31(17)5/h6-7,10-12H,8-9H2,1-5H3,(H,26,32)(H2,27,28,29,30). The highest BCUT2D eigenvalue weighted by Gasteiger charge is 2.24. The van der Waals surface area contributed by atoms with Crippen LogP contribution >= 0.6 is 22.9 Å². The molecule has 1 aromatic carbocycles. The van der Waals surface area contributed by atoms with Crippen molar-refractivity contribution >= 4 is 63.8 Å². The van der Waals surface area contributed by atoms with Crippen molar-refractivity contribution < 1.29 is 14.3 Å². The van der Waals surface area contributed by atoms with Crippen molar-refractivity contribution in [1.29, 1.82) is 0 Å². The lowest BCUT2D eigenvalue weighted by Gasteiger charge is -2.17. The van der Waals surface area contributed by atoms with Gasteiger partial charge in [-0.1, -0.05) is 32.4 Å². The molecule has 4 rings (SSSR count). The van der Waals surface area contributed by atoms with Crippen molar-refractivity contribution in [3.05, 3.63) is 50.8 Å². The number of nitrogens with zero attached hydrogens (tertiary/aromatic N) is 3. The smallest absolute Gasteiger partial charge is 0.414 e. The Morgan fingerprint density at radius 2 is 2.00 bits per heavy atom. The predicted octanol–water partition coefficient (Wildman–Crippen LogP) is 5.46. The van der Waals surface area contributed by atoms with Crippen LogP contribution in [-0.2, 0) is 16.6 Å². The molecule has 2 aromatic heterocycles. The summed E-state index contributed by atoms with van der Waals surface area (Å²) in [5.74, 6) is 0.522. The van der Waals surface area contributed by atoms with Gasteiger partial charge in [0, 0.05) is 31.1 Å². The Kier molecular flexibility index (Phi) is 6.86. The van der Waals surface area contributed by atoms with E-state index in [-0.39, 0.29) is 17.4 Å². The van der Waals surface area contributed by atoms with Crippen LogP contribution in [0.25, 0.3) is 0 Å². The number of halogens is 1. The summed E-state index contributed by atoms with van der Waals surface area (Å²) in [6, 6.07) is 7.59. The Morgan fingerprint density at radius 3 is 2.71 bits per heavy atom. The molecule has 0 atom stereocenters. The van der Waals surface area contributed by atoms with Crippen molar-refractivity contribution in [2.75, 3.05) is 36.2 Å². The van der Waals surface area contributed by atoms with E-state index in [2.05, 4.69) is 46.7 Å². The number of aromatic nitrogens is 2. The molecule has 0 saturated heterocycles. The van der Waals surface area contributed by atoms with Gasteiger partial charge in [-0.3, -0.25) is 9.69 Å². The fraction of sp³-hybridized carbons (Fsp3) is 0.333. The molecule has 2 amide bonds. The number of nitrogens with one attached hydrogen (secondary N) is 3. The molecule has 1 aliphatic heterocycles. The van der Waals surface area contributed by atoms with Crippen LogP contribution in [-0.4, -0.2) is 42.7 Å². The normalized spacial score (nSPS) is 13.5. The Hall–Kier alpha value is -3.37. The average molecular weight is 515 g/mol.